The third-order valence-electron chi connectivity index (χ3n) is 5.54. The molecule has 0 saturated carbocycles. The molecule has 9 heteroatoms. The average Bonchev–Trinajstić information content (AvgIpc) is 3.20. The van der Waals surface area contributed by atoms with Gasteiger partial charge < -0.3 is 20.6 Å². The van der Waals surface area contributed by atoms with Crippen LogP contribution in [0.3, 0.4) is 0 Å². The molecule has 176 valence electrons. The second-order valence-corrected chi connectivity index (χ2v) is 10.0. The number of nitrogens with one attached hydrogen (secondary N) is 1. The molecular weight excluding hydrogens is 459 g/mol. The molecule has 0 aliphatic heterocycles. The van der Waals surface area contributed by atoms with Gasteiger partial charge in [-0.2, -0.15) is 0 Å². The summed E-state index contributed by atoms with van der Waals surface area (Å²) in [6, 6.07) is 12.4. The first kappa shape index (κ1) is 23.5. The van der Waals surface area contributed by atoms with Crippen LogP contribution in [0.1, 0.15) is 16.7 Å². The zero-order valence-corrected chi connectivity index (χ0v) is 19.3. The van der Waals surface area contributed by atoms with E-state index in [1.54, 1.807) is 18.2 Å². The molecule has 4 N–H and O–H groups in total. The molecule has 0 aliphatic carbocycles. The molecule has 0 spiro atoms. The van der Waals surface area contributed by atoms with Crippen molar-refractivity contribution in [2.24, 2.45) is 5.73 Å². The van der Waals surface area contributed by atoms with Gasteiger partial charge in [0.1, 0.15) is 23.4 Å². The molecule has 34 heavy (non-hydrogen) atoms. The highest BCUT2D eigenvalue weighted by Crippen LogP contribution is 2.35. The smallest absolute Gasteiger partial charge is 0.320 e. The van der Waals surface area contributed by atoms with Crippen LogP contribution < -0.4 is 10.5 Å². The Kier molecular flexibility index (Phi) is 6.16. The number of carboxylic acid groups (broad SMARTS) is 1. The first-order valence-electron chi connectivity index (χ1n) is 10.4. The number of aromatic amines is 1. The van der Waals surface area contributed by atoms with Crippen LogP contribution in [0.5, 0.6) is 11.5 Å². The van der Waals surface area contributed by atoms with E-state index in [1.807, 2.05) is 26.0 Å². The van der Waals surface area contributed by atoms with Crippen molar-refractivity contribution in [3.8, 4) is 11.5 Å². The molecule has 1 heterocycles. The molecule has 7 nitrogen and oxygen atoms in total. The number of fused-ring (bicyclic) bond motifs is 1. The summed E-state index contributed by atoms with van der Waals surface area (Å²) in [5, 5.41) is 9.50. The van der Waals surface area contributed by atoms with Gasteiger partial charge >= 0.3 is 5.97 Å². The fourth-order valence-electron chi connectivity index (χ4n) is 3.88. The van der Waals surface area contributed by atoms with E-state index < -0.39 is 27.7 Å². The lowest BCUT2D eigenvalue weighted by Gasteiger charge is -2.15. The summed E-state index contributed by atoms with van der Waals surface area (Å²) in [5.74, 6) is -0.564. The van der Waals surface area contributed by atoms with Gasteiger partial charge in [-0.15, -0.1) is 0 Å². The summed E-state index contributed by atoms with van der Waals surface area (Å²) < 4.78 is 45.6. The molecule has 4 aromatic rings. The van der Waals surface area contributed by atoms with Gasteiger partial charge in [0, 0.05) is 17.1 Å². The lowest BCUT2D eigenvalue weighted by molar-refractivity contribution is -0.138. The van der Waals surface area contributed by atoms with E-state index in [9.17, 15) is 17.6 Å². The van der Waals surface area contributed by atoms with Gasteiger partial charge in [-0.3, -0.25) is 4.79 Å². The van der Waals surface area contributed by atoms with Crippen LogP contribution >= 0.6 is 0 Å². The predicted octanol–water partition coefficient (Wildman–Crippen LogP) is 4.50. The summed E-state index contributed by atoms with van der Waals surface area (Å²) in [6.45, 7) is 3.69. The van der Waals surface area contributed by atoms with E-state index in [-0.39, 0.29) is 16.2 Å². The van der Waals surface area contributed by atoms with Gasteiger partial charge in [-0.05, 0) is 79.4 Å². The summed E-state index contributed by atoms with van der Waals surface area (Å²) in [6.07, 6.45) is 1.60. The first-order valence-corrected chi connectivity index (χ1v) is 11.9. The number of hydrogen-bond acceptors (Lipinski definition) is 5. The predicted molar refractivity (Wildman–Crippen MR) is 125 cm³/mol. The highest BCUT2D eigenvalue weighted by molar-refractivity contribution is 7.91. The Hall–Kier alpha value is -3.69. The minimum absolute atomic E-state index is 0.0111. The zero-order valence-electron chi connectivity index (χ0n) is 18.5. The Morgan fingerprint density at radius 1 is 1.09 bits per heavy atom. The average molecular weight is 483 g/mol. The molecule has 4 rings (SSSR count). The molecule has 0 fully saturated rings. The van der Waals surface area contributed by atoms with Crippen LogP contribution in [0.15, 0.2) is 70.6 Å². The van der Waals surface area contributed by atoms with E-state index >= 15 is 0 Å². The van der Waals surface area contributed by atoms with Crippen LogP contribution in [0.2, 0.25) is 0 Å². The van der Waals surface area contributed by atoms with Crippen molar-refractivity contribution < 1.29 is 27.4 Å². The molecule has 0 aliphatic rings. The number of H-pyrrole nitrogens is 1. The van der Waals surface area contributed by atoms with Crippen molar-refractivity contribution in [3.63, 3.8) is 0 Å². The Labute approximate surface area is 195 Å². The number of rotatable bonds is 7. The fourth-order valence-corrected chi connectivity index (χ4v) is 5.30. The number of sulfone groups is 1. The molecule has 0 saturated heterocycles. The number of aryl methyl sites for hydroxylation is 2. The van der Waals surface area contributed by atoms with Gasteiger partial charge in [-0.25, -0.2) is 12.8 Å². The maximum Gasteiger partial charge on any atom is 0.320 e. The molecule has 0 amide bonds. The van der Waals surface area contributed by atoms with Crippen molar-refractivity contribution >= 4 is 26.7 Å². The van der Waals surface area contributed by atoms with Crippen LogP contribution in [-0.2, 0) is 21.1 Å². The molecule has 1 atom stereocenters. The monoisotopic (exact) mass is 482 g/mol. The summed E-state index contributed by atoms with van der Waals surface area (Å²) in [5.41, 5.74) is 8.63. The Balaban J connectivity index is 1.68. The normalized spacial score (nSPS) is 12.6. The molecule has 0 bridgehead atoms. The van der Waals surface area contributed by atoms with Crippen molar-refractivity contribution in [3.05, 3.63) is 83.3 Å². The fraction of sp³-hybridized carbons (Fsp3) is 0.160. The van der Waals surface area contributed by atoms with Gasteiger partial charge in [0.05, 0.1) is 9.79 Å². The third kappa shape index (κ3) is 4.52. The topological polar surface area (TPSA) is 122 Å². The third-order valence-corrected chi connectivity index (χ3v) is 7.35. The number of hydrogen-bond donors (Lipinski definition) is 3. The van der Waals surface area contributed by atoms with E-state index in [0.717, 1.165) is 28.8 Å². The van der Waals surface area contributed by atoms with Crippen molar-refractivity contribution in [1.29, 1.82) is 0 Å². The molecular formula is C25H23FN2O5S. The van der Waals surface area contributed by atoms with Gasteiger partial charge in [-0.1, -0.05) is 12.1 Å². The number of aliphatic carboxylic acids is 1. The summed E-state index contributed by atoms with van der Waals surface area (Å²) >= 11 is 0. The van der Waals surface area contributed by atoms with Crippen LogP contribution in [0.4, 0.5) is 4.39 Å². The number of nitrogens with two attached hydrogens (primary N) is 1. The highest BCUT2D eigenvalue weighted by atomic mass is 32.2. The van der Waals surface area contributed by atoms with Crippen molar-refractivity contribution in [2.45, 2.75) is 36.1 Å². The molecule has 0 radical (unpaired) electrons. The summed E-state index contributed by atoms with van der Waals surface area (Å²) in [4.78, 5) is 14.1. The quantitative estimate of drug-likeness (QED) is 0.333. The number of carbonyl (C=O) groups is 1. The number of carboxylic acids is 1. The molecule has 3 aromatic carbocycles. The number of benzene rings is 3. The van der Waals surface area contributed by atoms with Crippen molar-refractivity contribution in [2.75, 3.05) is 0 Å². The molecule has 0 unspecified atom stereocenters. The zero-order chi connectivity index (χ0) is 24.6. The SMILES string of the molecule is Cc1cc(C[C@H](N)C(=O)O)cc(C)c1Oc1ccc2[nH]cc(S(=O)(=O)c3ccc(F)cc3)c2c1. The minimum Gasteiger partial charge on any atom is -0.480 e. The number of aromatic nitrogens is 1. The second-order valence-electron chi connectivity index (χ2n) is 8.13. The largest absolute Gasteiger partial charge is 0.480 e. The second kappa shape index (κ2) is 8.92. The standard InChI is InChI=1S/C25H23FN2O5S/c1-14-9-16(11-21(27)25(29)30)10-15(2)24(14)33-18-5-8-22-20(12-18)23(13-28-22)34(31,32)19-6-3-17(26)4-7-19/h3-10,12-13,21,28H,11,27H2,1-2H3,(H,29,30)/t21-/m0/s1. The number of halogens is 1. The van der Waals surface area contributed by atoms with Crippen molar-refractivity contribution in [1.82, 2.24) is 4.98 Å². The van der Waals surface area contributed by atoms with Crippen LogP contribution in [0.25, 0.3) is 10.9 Å². The van der Waals surface area contributed by atoms with Crippen LogP contribution in [0, 0.1) is 19.7 Å². The lowest BCUT2D eigenvalue weighted by Crippen LogP contribution is -2.32. The number of ether oxygens (including phenoxy) is 1. The van der Waals surface area contributed by atoms with E-state index in [2.05, 4.69) is 4.98 Å². The Bertz CT molecular complexity index is 1470. The van der Waals surface area contributed by atoms with Gasteiger partial charge in [0.15, 0.2) is 0 Å². The highest BCUT2D eigenvalue weighted by Gasteiger charge is 2.22. The van der Waals surface area contributed by atoms with Gasteiger partial charge in [0.25, 0.3) is 0 Å². The van der Waals surface area contributed by atoms with Crippen LogP contribution in [-0.4, -0.2) is 30.5 Å². The first-order chi connectivity index (χ1) is 16.1. The van der Waals surface area contributed by atoms with E-state index in [0.29, 0.717) is 22.4 Å². The summed E-state index contributed by atoms with van der Waals surface area (Å²) in [7, 11) is -3.88. The maximum absolute atomic E-state index is 13.3. The van der Waals surface area contributed by atoms with E-state index in [4.69, 9.17) is 15.6 Å². The van der Waals surface area contributed by atoms with Gasteiger partial charge in [0.2, 0.25) is 9.84 Å². The minimum atomic E-state index is -3.88. The Morgan fingerprint density at radius 3 is 2.35 bits per heavy atom. The van der Waals surface area contributed by atoms with E-state index in [1.165, 1.54) is 18.3 Å². The molecule has 1 aromatic heterocycles. The lowest BCUT2D eigenvalue weighted by atomic mass is 10.0. The Morgan fingerprint density at radius 2 is 1.74 bits per heavy atom. The maximum atomic E-state index is 13.3.